The Morgan fingerprint density at radius 3 is 2.71 bits per heavy atom. The number of anilines is 1. The van der Waals surface area contributed by atoms with Gasteiger partial charge >= 0.3 is 6.09 Å². The van der Waals surface area contributed by atoms with E-state index in [0.29, 0.717) is 11.3 Å². The molecule has 0 saturated heterocycles. The van der Waals surface area contributed by atoms with Crippen LogP contribution in [0.25, 0.3) is 6.08 Å². The predicted octanol–water partition coefficient (Wildman–Crippen LogP) is 3.95. The first-order valence-corrected chi connectivity index (χ1v) is 6.36. The van der Waals surface area contributed by atoms with Crippen molar-refractivity contribution in [3.8, 4) is 6.07 Å². The van der Waals surface area contributed by atoms with Gasteiger partial charge < -0.3 is 4.74 Å². The molecule has 0 heterocycles. The third kappa shape index (κ3) is 4.22. The minimum Gasteiger partial charge on any atom is -0.444 e. The molecule has 1 amide bonds. The second-order valence-electron chi connectivity index (χ2n) is 4.35. The van der Waals surface area contributed by atoms with Gasteiger partial charge in [-0.15, -0.1) is 0 Å². The number of ether oxygens (including phenoxy) is 1. The molecule has 104 valence electrons. The maximum absolute atomic E-state index is 11.7. The van der Waals surface area contributed by atoms with Crippen LogP contribution in [0.15, 0.2) is 55.1 Å². The van der Waals surface area contributed by atoms with Crippen LogP contribution in [-0.4, -0.2) is 6.09 Å². The smallest absolute Gasteiger partial charge is 0.411 e. The summed E-state index contributed by atoms with van der Waals surface area (Å²) in [7, 11) is 0. The van der Waals surface area contributed by atoms with Crippen molar-refractivity contribution >= 4 is 17.9 Å². The molecule has 21 heavy (non-hydrogen) atoms. The van der Waals surface area contributed by atoms with Crippen molar-refractivity contribution < 1.29 is 9.53 Å². The first-order valence-electron chi connectivity index (χ1n) is 6.36. The molecular formula is C17H14N2O2. The molecule has 0 aromatic heterocycles. The minimum atomic E-state index is -0.566. The fraction of sp³-hybridized carbons (Fsp3) is 0.0588. The average Bonchev–Trinajstić information content (AvgIpc) is 2.53. The molecule has 0 saturated carbocycles. The molecule has 0 bridgehead atoms. The van der Waals surface area contributed by atoms with E-state index in [1.807, 2.05) is 36.4 Å². The maximum Gasteiger partial charge on any atom is 0.411 e. The van der Waals surface area contributed by atoms with Crippen molar-refractivity contribution in [2.75, 3.05) is 5.32 Å². The number of amides is 1. The molecule has 2 aromatic carbocycles. The lowest BCUT2D eigenvalue weighted by Crippen LogP contribution is -2.13. The van der Waals surface area contributed by atoms with Crippen LogP contribution in [-0.2, 0) is 11.3 Å². The number of nitrogens with one attached hydrogen (secondary N) is 1. The molecule has 0 radical (unpaired) electrons. The SMILES string of the molecule is C=Cc1cc(C#N)cc(NC(=O)OCc2ccccc2)c1. The Hall–Kier alpha value is -3.06. The zero-order valence-electron chi connectivity index (χ0n) is 11.4. The van der Waals surface area contributed by atoms with Gasteiger partial charge in [0.2, 0.25) is 0 Å². The molecule has 4 heteroatoms. The second kappa shape index (κ2) is 6.92. The van der Waals surface area contributed by atoms with E-state index in [-0.39, 0.29) is 6.61 Å². The van der Waals surface area contributed by atoms with Crippen molar-refractivity contribution in [2.45, 2.75) is 6.61 Å². The van der Waals surface area contributed by atoms with Crippen molar-refractivity contribution in [2.24, 2.45) is 0 Å². The van der Waals surface area contributed by atoms with Crippen molar-refractivity contribution in [3.05, 3.63) is 71.8 Å². The topological polar surface area (TPSA) is 62.1 Å². The molecule has 1 N–H and O–H groups in total. The molecule has 0 atom stereocenters. The Bertz CT molecular complexity index is 688. The highest BCUT2D eigenvalue weighted by Crippen LogP contribution is 2.16. The van der Waals surface area contributed by atoms with E-state index in [2.05, 4.69) is 11.9 Å². The van der Waals surface area contributed by atoms with Gasteiger partial charge in [0, 0.05) is 5.69 Å². The Morgan fingerprint density at radius 1 is 1.29 bits per heavy atom. The summed E-state index contributed by atoms with van der Waals surface area (Å²) in [6.07, 6.45) is 1.05. The lowest BCUT2D eigenvalue weighted by atomic mass is 10.1. The third-order valence-electron chi connectivity index (χ3n) is 2.78. The number of benzene rings is 2. The van der Waals surface area contributed by atoms with Gasteiger partial charge in [-0.05, 0) is 29.3 Å². The van der Waals surface area contributed by atoms with E-state index in [0.717, 1.165) is 11.1 Å². The largest absolute Gasteiger partial charge is 0.444 e. The van der Waals surface area contributed by atoms with Crippen LogP contribution in [0.1, 0.15) is 16.7 Å². The number of nitrogens with zero attached hydrogens (tertiary/aromatic N) is 1. The number of carbonyl (C=O) groups excluding carboxylic acids is 1. The van der Waals surface area contributed by atoms with Gasteiger partial charge in [-0.2, -0.15) is 5.26 Å². The molecule has 0 unspecified atom stereocenters. The number of hydrogen-bond donors (Lipinski definition) is 1. The van der Waals surface area contributed by atoms with Gasteiger partial charge in [0.15, 0.2) is 0 Å². The molecule has 4 nitrogen and oxygen atoms in total. The zero-order valence-corrected chi connectivity index (χ0v) is 11.4. The van der Waals surface area contributed by atoms with Crippen LogP contribution in [0.5, 0.6) is 0 Å². The van der Waals surface area contributed by atoms with Gasteiger partial charge in [0.1, 0.15) is 6.61 Å². The Morgan fingerprint density at radius 2 is 2.05 bits per heavy atom. The lowest BCUT2D eigenvalue weighted by molar-refractivity contribution is 0.155. The van der Waals surface area contributed by atoms with Gasteiger partial charge in [-0.1, -0.05) is 43.0 Å². The molecule has 0 aliphatic carbocycles. The van der Waals surface area contributed by atoms with Gasteiger partial charge in [0.05, 0.1) is 11.6 Å². The first-order chi connectivity index (χ1) is 10.2. The quantitative estimate of drug-likeness (QED) is 0.921. The fourth-order valence-electron chi connectivity index (χ4n) is 1.78. The summed E-state index contributed by atoms with van der Waals surface area (Å²) >= 11 is 0. The Labute approximate surface area is 123 Å². The van der Waals surface area contributed by atoms with Crippen LogP contribution in [0.4, 0.5) is 10.5 Å². The number of carbonyl (C=O) groups is 1. The van der Waals surface area contributed by atoms with Crippen LogP contribution < -0.4 is 5.32 Å². The summed E-state index contributed by atoms with van der Waals surface area (Å²) in [5.41, 5.74) is 2.62. The van der Waals surface area contributed by atoms with Crippen LogP contribution in [0.2, 0.25) is 0 Å². The highest BCUT2D eigenvalue weighted by molar-refractivity contribution is 5.85. The fourth-order valence-corrected chi connectivity index (χ4v) is 1.78. The Balaban J connectivity index is 1.99. The van der Waals surface area contributed by atoms with Gasteiger partial charge in [0.25, 0.3) is 0 Å². The van der Waals surface area contributed by atoms with Gasteiger partial charge in [-0.3, -0.25) is 5.32 Å². The summed E-state index contributed by atoms with van der Waals surface area (Å²) in [4.78, 5) is 11.7. The molecule has 0 aliphatic heterocycles. The maximum atomic E-state index is 11.7. The summed E-state index contributed by atoms with van der Waals surface area (Å²) in [6, 6.07) is 16.4. The molecule has 2 rings (SSSR count). The van der Waals surface area contributed by atoms with Crippen molar-refractivity contribution in [3.63, 3.8) is 0 Å². The van der Waals surface area contributed by atoms with E-state index >= 15 is 0 Å². The van der Waals surface area contributed by atoms with E-state index in [1.165, 1.54) is 0 Å². The molecule has 2 aromatic rings. The van der Waals surface area contributed by atoms with Gasteiger partial charge in [-0.25, -0.2) is 4.79 Å². The number of hydrogen-bond acceptors (Lipinski definition) is 3. The van der Waals surface area contributed by atoms with E-state index in [4.69, 9.17) is 10.00 Å². The highest BCUT2D eigenvalue weighted by Gasteiger charge is 2.05. The normalized spacial score (nSPS) is 9.48. The first kappa shape index (κ1) is 14.4. The van der Waals surface area contributed by atoms with E-state index < -0.39 is 6.09 Å². The van der Waals surface area contributed by atoms with Crippen LogP contribution in [0.3, 0.4) is 0 Å². The standard InChI is InChI=1S/C17H14N2O2/c1-2-13-8-15(11-18)10-16(9-13)19-17(20)21-12-14-6-4-3-5-7-14/h2-10H,1,12H2,(H,19,20). The second-order valence-corrected chi connectivity index (χ2v) is 4.35. The number of nitriles is 1. The molecule has 0 spiro atoms. The summed E-state index contributed by atoms with van der Waals surface area (Å²) < 4.78 is 5.12. The highest BCUT2D eigenvalue weighted by atomic mass is 16.5. The van der Waals surface area contributed by atoms with Crippen LogP contribution in [0, 0.1) is 11.3 Å². The molecule has 0 fully saturated rings. The molecular weight excluding hydrogens is 264 g/mol. The minimum absolute atomic E-state index is 0.193. The van der Waals surface area contributed by atoms with Crippen LogP contribution >= 0.6 is 0 Å². The Kier molecular flexibility index (Phi) is 4.73. The van der Waals surface area contributed by atoms with E-state index in [9.17, 15) is 4.79 Å². The summed E-state index contributed by atoms with van der Waals surface area (Å²) in [6.45, 7) is 3.84. The number of rotatable bonds is 4. The van der Waals surface area contributed by atoms with Crippen molar-refractivity contribution in [1.29, 1.82) is 5.26 Å². The third-order valence-corrected chi connectivity index (χ3v) is 2.78. The molecule has 0 aliphatic rings. The van der Waals surface area contributed by atoms with Crippen molar-refractivity contribution in [1.82, 2.24) is 0 Å². The average molecular weight is 278 g/mol. The summed E-state index contributed by atoms with van der Waals surface area (Å²) in [5, 5.41) is 11.5. The van der Waals surface area contributed by atoms with E-state index in [1.54, 1.807) is 24.3 Å². The predicted molar refractivity (Wildman–Crippen MR) is 81.5 cm³/mol. The lowest BCUT2D eigenvalue weighted by Gasteiger charge is -2.08. The monoisotopic (exact) mass is 278 g/mol. The summed E-state index contributed by atoms with van der Waals surface area (Å²) in [5.74, 6) is 0. The zero-order chi connectivity index (χ0) is 15.1.